The van der Waals surface area contributed by atoms with Crippen LogP contribution in [-0.2, 0) is 11.3 Å². The predicted octanol–water partition coefficient (Wildman–Crippen LogP) is 1.35. The Hall–Kier alpha value is -1.81. The summed E-state index contributed by atoms with van der Waals surface area (Å²) in [4.78, 5) is 11.7. The molecule has 0 aliphatic rings. The third-order valence-corrected chi connectivity index (χ3v) is 2.84. The molecule has 1 rings (SSSR count). The maximum Gasteiger partial charge on any atom is 0.416 e. The van der Waals surface area contributed by atoms with Crippen molar-refractivity contribution in [1.82, 2.24) is 15.1 Å². The standard InChI is InChI=1S/C12H19F3N4O3/c1-11(2,9(20)12(13,14)15)17-10(21)16-8-4-5-19(18-8)6-7-22-3/h4-5,9,20H,6-7H2,1-3H3,(H2,16,17,18,21). The average molecular weight is 324 g/mol. The van der Waals surface area contributed by atoms with Gasteiger partial charge in [0.15, 0.2) is 11.9 Å². The molecule has 7 nitrogen and oxygen atoms in total. The Morgan fingerprint density at radius 2 is 2.14 bits per heavy atom. The van der Waals surface area contributed by atoms with Crippen molar-refractivity contribution in [2.45, 2.75) is 38.2 Å². The molecule has 1 heterocycles. The van der Waals surface area contributed by atoms with E-state index in [4.69, 9.17) is 4.74 Å². The number of rotatable bonds is 6. The second-order valence-corrected chi connectivity index (χ2v) is 5.20. The summed E-state index contributed by atoms with van der Waals surface area (Å²) in [5, 5.41) is 17.6. The van der Waals surface area contributed by atoms with Gasteiger partial charge in [0.25, 0.3) is 0 Å². The van der Waals surface area contributed by atoms with Gasteiger partial charge < -0.3 is 15.2 Å². The fourth-order valence-corrected chi connectivity index (χ4v) is 1.66. The van der Waals surface area contributed by atoms with Crippen LogP contribution in [0.1, 0.15) is 13.8 Å². The van der Waals surface area contributed by atoms with Crippen LogP contribution in [0.3, 0.4) is 0 Å². The zero-order valence-corrected chi connectivity index (χ0v) is 12.4. The van der Waals surface area contributed by atoms with Gasteiger partial charge >= 0.3 is 12.2 Å². The minimum absolute atomic E-state index is 0.172. The van der Waals surface area contributed by atoms with Crippen molar-refractivity contribution in [3.63, 3.8) is 0 Å². The first-order valence-electron chi connectivity index (χ1n) is 6.42. The van der Waals surface area contributed by atoms with Crippen molar-refractivity contribution < 1.29 is 27.8 Å². The maximum atomic E-state index is 12.5. The molecule has 10 heteroatoms. The molecule has 0 radical (unpaired) electrons. The van der Waals surface area contributed by atoms with E-state index in [1.54, 1.807) is 6.20 Å². The summed E-state index contributed by atoms with van der Waals surface area (Å²) in [6, 6.07) is 0.591. The van der Waals surface area contributed by atoms with Gasteiger partial charge in [0.05, 0.1) is 18.7 Å². The van der Waals surface area contributed by atoms with Crippen LogP contribution in [0, 0.1) is 0 Å². The van der Waals surface area contributed by atoms with Gasteiger partial charge in [-0.1, -0.05) is 0 Å². The molecule has 0 saturated carbocycles. The third kappa shape index (κ3) is 5.19. The number of amides is 2. The van der Waals surface area contributed by atoms with Crippen molar-refractivity contribution >= 4 is 11.8 Å². The van der Waals surface area contributed by atoms with Crippen molar-refractivity contribution in [2.24, 2.45) is 0 Å². The third-order valence-electron chi connectivity index (χ3n) is 2.84. The molecule has 1 aromatic heterocycles. The van der Waals surface area contributed by atoms with E-state index >= 15 is 0 Å². The van der Waals surface area contributed by atoms with Gasteiger partial charge in [-0.3, -0.25) is 10.00 Å². The predicted molar refractivity (Wildman–Crippen MR) is 72.4 cm³/mol. The summed E-state index contributed by atoms with van der Waals surface area (Å²) in [5.74, 6) is 0.172. The van der Waals surface area contributed by atoms with E-state index in [1.807, 2.05) is 0 Å². The average Bonchev–Trinajstić information content (AvgIpc) is 2.81. The molecule has 0 spiro atoms. The van der Waals surface area contributed by atoms with Gasteiger partial charge in [0.1, 0.15) is 0 Å². The number of ether oxygens (including phenoxy) is 1. The number of alkyl halides is 3. The summed E-state index contributed by atoms with van der Waals surface area (Å²) in [7, 11) is 1.53. The molecule has 0 aliphatic carbocycles. The molecule has 1 aromatic rings. The van der Waals surface area contributed by atoms with Crippen molar-refractivity contribution in [3.8, 4) is 0 Å². The molecular formula is C12H19F3N4O3. The fraction of sp³-hybridized carbons (Fsp3) is 0.667. The molecule has 0 fully saturated rings. The van der Waals surface area contributed by atoms with E-state index in [1.165, 1.54) is 17.9 Å². The molecule has 1 unspecified atom stereocenters. The molecule has 0 aromatic carbocycles. The first-order chi connectivity index (χ1) is 10.1. The van der Waals surface area contributed by atoms with Gasteiger partial charge in [-0.15, -0.1) is 0 Å². The summed E-state index contributed by atoms with van der Waals surface area (Å²) in [5.41, 5.74) is -1.89. The number of aliphatic hydroxyl groups is 1. The first-order valence-corrected chi connectivity index (χ1v) is 6.42. The highest BCUT2D eigenvalue weighted by Gasteiger charge is 2.48. The number of urea groups is 1. The molecule has 3 N–H and O–H groups in total. The number of hydrogen-bond donors (Lipinski definition) is 3. The van der Waals surface area contributed by atoms with Gasteiger partial charge in [0.2, 0.25) is 0 Å². The maximum absolute atomic E-state index is 12.5. The van der Waals surface area contributed by atoms with Crippen LogP contribution in [0.15, 0.2) is 12.3 Å². The van der Waals surface area contributed by atoms with E-state index in [0.717, 1.165) is 13.8 Å². The van der Waals surface area contributed by atoms with Crippen molar-refractivity contribution in [3.05, 3.63) is 12.3 Å². The number of aromatic nitrogens is 2. The summed E-state index contributed by atoms with van der Waals surface area (Å²) >= 11 is 0. The Kier molecular flexibility index (Phi) is 5.78. The number of carbonyl (C=O) groups is 1. The molecule has 126 valence electrons. The van der Waals surface area contributed by atoms with E-state index < -0.39 is 23.9 Å². The Morgan fingerprint density at radius 3 is 2.68 bits per heavy atom. The number of aliphatic hydroxyl groups excluding tert-OH is 1. The van der Waals surface area contributed by atoms with Crippen LogP contribution >= 0.6 is 0 Å². The SMILES string of the molecule is COCCn1ccc(NC(=O)NC(C)(C)C(O)C(F)(F)F)n1. The minimum Gasteiger partial charge on any atom is -0.383 e. The smallest absolute Gasteiger partial charge is 0.383 e. The lowest BCUT2D eigenvalue weighted by Gasteiger charge is -2.32. The highest BCUT2D eigenvalue weighted by atomic mass is 19.4. The van der Waals surface area contributed by atoms with Crippen LogP contribution < -0.4 is 10.6 Å². The van der Waals surface area contributed by atoms with Crippen LogP contribution in [0.25, 0.3) is 0 Å². The van der Waals surface area contributed by atoms with Crippen molar-refractivity contribution in [1.29, 1.82) is 0 Å². The number of anilines is 1. The fourth-order valence-electron chi connectivity index (χ4n) is 1.66. The number of methoxy groups -OCH3 is 1. The van der Waals surface area contributed by atoms with E-state index in [0.29, 0.717) is 13.2 Å². The van der Waals surface area contributed by atoms with Crippen LogP contribution in [0.4, 0.5) is 23.8 Å². The van der Waals surface area contributed by atoms with Gasteiger partial charge in [-0.05, 0) is 13.8 Å². The monoisotopic (exact) mass is 324 g/mol. The summed E-state index contributed by atoms with van der Waals surface area (Å²) in [6.45, 7) is 3.04. The molecule has 2 amide bonds. The highest BCUT2D eigenvalue weighted by molar-refractivity contribution is 5.88. The normalized spacial score (nSPS) is 13.8. The first kappa shape index (κ1) is 18.2. The molecule has 0 bridgehead atoms. The molecule has 1 atom stereocenters. The molecule has 22 heavy (non-hydrogen) atoms. The molecule has 0 aliphatic heterocycles. The lowest BCUT2D eigenvalue weighted by atomic mass is 9.97. The second-order valence-electron chi connectivity index (χ2n) is 5.20. The number of nitrogens with one attached hydrogen (secondary N) is 2. The van der Waals surface area contributed by atoms with Gasteiger partial charge in [0, 0.05) is 19.4 Å². The van der Waals surface area contributed by atoms with Gasteiger partial charge in [-0.25, -0.2) is 4.79 Å². The Labute approximate surface area is 125 Å². The Morgan fingerprint density at radius 1 is 1.50 bits per heavy atom. The quantitative estimate of drug-likeness (QED) is 0.737. The molecular weight excluding hydrogens is 305 g/mol. The minimum atomic E-state index is -4.83. The number of hydrogen-bond acceptors (Lipinski definition) is 4. The van der Waals surface area contributed by atoms with Gasteiger partial charge in [-0.2, -0.15) is 18.3 Å². The van der Waals surface area contributed by atoms with Crippen LogP contribution in [-0.4, -0.2) is 52.5 Å². The van der Waals surface area contributed by atoms with E-state index in [-0.39, 0.29) is 5.82 Å². The highest BCUT2D eigenvalue weighted by Crippen LogP contribution is 2.27. The zero-order valence-electron chi connectivity index (χ0n) is 12.4. The number of nitrogens with zero attached hydrogens (tertiary/aromatic N) is 2. The van der Waals surface area contributed by atoms with E-state index in [2.05, 4.69) is 15.7 Å². The number of carbonyl (C=O) groups excluding carboxylic acids is 1. The lowest BCUT2D eigenvalue weighted by Crippen LogP contribution is -2.58. The summed E-state index contributed by atoms with van der Waals surface area (Å²) in [6.07, 6.45) is -5.94. The van der Waals surface area contributed by atoms with E-state index in [9.17, 15) is 23.1 Å². The molecule has 0 saturated heterocycles. The van der Waals surface area contributed by atoms with Crippen LogP contribution in [0.2, 0.25) is 0 Å². The topological polar surface area (TPSA) is 88.4 Å². The summed E-state index contributed by atoms with van der Waals surface area (Å²) < 4.78 is 43.9. The van der Waals surface area contributed by atoms with Crippen LogP contribution in [0.5, 0.6) is 0 Å². The Bertz CT molecular complexity index is 502. The number of halogens is 3. The van der Waals surface area contributed by atoms with Crippen molar-refractivity contribution in [2.75, 3.05) is 19.0 Å². The Balaban J connectivity index is 2.60. The lowest BCUT2D eigenvalue weighted by molar-refractivity contribution is -0.221. The zero-order chi connectivity index (χ0) is 17.0. The largest absolute Gasteiger partial charge is 0.416 e. The second kappa shape index (κ2) is 6.97.